The number of benzene rings is 1. The third-order valence-electron chi connectivity index (χ3n) is 3.78. The molecule has 1 aliphatic rings. The van der Waals surface area contributed by atoms with E-state index in [0.717, 1.165) is 12.8 Å². The summed E-state index contributed by atoms with van der Waals surface area (Å²) in [6.45, 7) is 0. The van der Waals surface area contributed by atoms with Crippen molar-refractivity contribution in [2.75, 3.05) is 0 Å². The molecule has 1 aromatic heterocycles. The highest BCUT2D eigenvalue weighted by Gasteiger charge is 2.33. The highest BCUT2D eigenvalue weighted by atomic mass is 35.5. The average Bonchev–Trinajstić information content (AvgIpc) is 3.32. The molecule has 3 rings (SSSR count). The van der Waals surface area contributed by atoms with Crippen LogP contribution in [0.25, 0.3) is 0 Å². The Morgan fingerprint density at radius 3 is 2.62 bits per heavy atom. The fraction of sp³-hybridized carbons (Fsp3) is 0.250. The van der Waals surface area contributed by atoms with Crippen LogP contribution in [0.3, 0.4) is 0 Å². The lowest BCUT2D eigenvalue weighted by Gasteiger charge is -2.15. The molecule has 5 heteroatoms. The molecule has 0 unspecified atom stereocenters. The van der Waals surface area contributed by atoms with Gasteiger partial charge < -0.3 is 5.73 Å². The Morgan fingerprint density at radius 2 is 2.00 bits per heavy atom. The second kappa shape index (κ2) is 5.54. The number of carbonyl (C=O) groups excluding carboxylic acids is 1. The van der Waals surface area contributed by atoms with E-state index in [1.165, 1.54) is 30.6 Å². The lowest BCUT2D eigenvalue weighted by molar-refractivity contribution is 0.103. The van der Waals surface area contributed by atoms with E-state index in [-0.39, 0.29) is 20.9 Å². The van der Waals surface area contributed by atoms with Crippen LogP contribution in [0.15, 0.2) is 36.7 Å². The van der Waals surface area contributed by atoms with Crippen molar-refractivity contribution in [3.05, 3.63) is 64.2 Å². The van der Waals surface area contributed by atoms with Crippen molar-refractivity contribution in [1.82, 2.24) is 4.98 Å². The van der Waals surface area contributed by atoms with Gasteiger partial charge in [0.1, 0.15) is 5.82 Å². The van der Waals surface area contributed by atoms with Crippen LogP contribution < -0.4 is 5.73 Å². The largest absolute Gasteiger partial charge is 0.324 e. The van der Waals surface area contributed by atoms with Gasteiger partial charge in [0, 0.05) is 33.8 Å². The van der Waals surface area contributed by atoms with Crippen LogP contribution in [0.1, 0.15) is 44.6 Å². The van der Waals surface area contributed by atoms with Gasteiger partial charge in [-0.15, -0.1) is 0 Å². The molecule has 0 aliphatic heterocycles. The molecule has 0 saturated heterocycles. The van der Waals surface area contributed by atoms with E-state index >= 15 is 0 Å². The van der Waals surface area contributed by atoms with Crippen LogP contribution in [-0.4, -0.2) is 10.8 Å². The zero-order chi connectivity index (χ0) is 15.0. The van der Waals surface area contributed by atoms with Crippen molar-refractivity contribution in [2.45, 2.75) is 18.9 Å². The lowest BCUT2D eigenvalue weighted by Crippen LogP contribution is -2.17. The summed E-state index contributed by atoms with van der Waals surface area (Å²) < 4.78 is 14.7. The Morgan fingerprint density at radius 1 is 1.33 bits per heavy atom. The van der Waals surface area contributed by atoms with Gasteiger partial charge in [-0.25, -0.2) is 4.39 Å². The first kappa shape index (κ1) is 14.2. The third kappa shape index (κ3) is 2.69. The minimum absolute atomic E-state index is 0. The fourth-order valence-corrected chi connectivity index (χ4v) is 2.62. The smallest absolute Gasteiger partial charge is 0.197 e. The van der Waals surface area contributed by atoms with Crippen molar-refractivity contribution in [3.63, 3.8) is 0 Å². The maximum absolute atomic E-state index is 14.7. The number of pyridine rings is 1. The van der Waals surface area contributed by atoms with Crippen molar-refractivity contribution in [2.24, 2.45) is 11.7 Å². The monoisotopic (exact) mass is 310 g/mol. The number of carbonyl (C=O) groups is 1. The first-order valence-corrected chi connectivity index (χ1v) is 7.15. The molecule has 2 N–H and O–H groups in total. The average molecular weight is 311 g/mol. The first-order chi connectivity index (χ1) is 10.1. The molecule has 0 spiro atoms. The normalized spacial score (nSPS) is 15.8. The summed E-state index contributed by atoms with van der Waals surface area (Å²) in [5.41, 5.74) is 6.65. The Labute approximate surface area is 131 Å². The predicted molar refractivity (Wildman–Crippen MR) is 85.1 cm³/mol. The summed E-state index contributed by atoms with van der Waals surface area (Å²) in [6, 6.07) is 5.80. The molecule has 0 bridgehead atoms. The SMILES string of the molecule is N[C@@H](c1ccc(Cl)c(C(=O)c2ccncc2)c1F)C1CC1.[HH].[HH].[HH]. The highest BCUT2D eigenvalue weighted by molar-refractivity contribution is 6.35. The molecule has 1 aliphatic carbocycles. The van der Waals surface area contributed by atoms with Crippen LogP contribution in [-0.2, 0) is 0 Å². The van der Waals surface area contributed by atoms with Crippen LogP contribution in [0.2, 0.25) is 5.02 Å². The summed E-state index contributed by atoms with van der Waals surface area (Å²) in [7, 11) is 0. The molecule has 0 radical (unpaired) electrons. The van der Waals surface area contributed by atoms with Gasteiger partial charge in [-0.3, -0.25) is 9.78 Å². The summed E-state index contributed by atoms with van der Waals surface area (Å²) in [6.07, 6.45) is 4.96. The second-order valence-corrected chi connectivity index (χ2v) is 5.66. The summed E-state index contributed by atoms with van der Waals surface area (Å²) in [5, 5.41) is 0.0982. The number of halogens is 2. The summed E-state index contributed by atoms with van der Waals surface area (Å²) in [5.74, 6) is -0.766. The van der Waals surface area contributed by atoms with E-state index in [9.17, 15) is 9.18 Å². The number of rotatable bonds is 4. The van der Waals surface area contributed by atoms with Gasteiger partial charge in [0.2, 0.25) is 0 Å². The van der Waals surface area contributed by atoms with Crippen molar-refractivity contribution >= 4 is 17.4 Å². The van der Waals surface area contributed by atoms with Crippen molar-refractivity contribution < 1.29 is 13.5 Å². The summed E-state index contributed by atoms with van der Waals surface area (Å²) in [4.78, 5) is 16.3. The van der Waals surface area contributed by atoms with Crippen molar-refractivity contribution in [1.29, 1.82) is 0 Å². The minimum atomic E-state index is -0.608. The lowest BCUT2D eigenvalue weighted by atomic mass is 9.96. The molecule has 1 fully saturated rings. The number of ketones is 1. The van der Waals surface area contributed by atoms with Crippen LogP contribution in [0.4, 0.5) is 4.39 Å². The molecule has 1 atom stereocenters. The molecule has 21 heavy (non-hydrogen) atoms. The third-order valence-corrected chi connectivity index (χ3v) is 4.09. The van der Waals surface area contributed by atoms with Gasteiger partial charge in [0.15, 0.2) is 5.78 Å². The zero-order valence-electron chi connectivity index (χ0n) is 11.2. The van der Waals surface area contributed by atoms with Crippen LogP contribution in [0.5, 0.6) is 0 Å². The molecule has 1 aromatic carbocycles. The van der Waals surface area contributed by atoms with Crippen LogP contribution >= 0.6 is 11.6 Å². The molecular weight excluding hydrogens is 291 g/mol. The topological polar surface area (TPSA) is 56.0 Å². The summed E-state index contributed by atoms with van der Waals surface area (Å²) >= 11 is 6.03. The maximum Gasteiger partial charge on any atom is 0.197 e. The molecule has 2 aromatic rings. The minimum Gasteiger partial charge on any atom is -0.324 e. The van der Waals surface area contributed by atoms with Gasteiger partial charge in [-0.1, -0.05) is 17.7 Å². The van der Waals surface area contributed by atoms with Gasteiger partial charge in [-0.2, -0.15) is 0 Å². The molecule has 0 amide bonds. The number of aromatic nitrogens is 1. The van der Waals surface area contributed by atoms with E-state index in [2.05, 4.69) is 4.98 Å². The number of hydrogen-bond acceptors (Lipinski definition) is 3. The van der Waals surface area contributed by atoms with E-state index in [1.54, 1.807) is 6.07 Å². The molecule has 1 heterocycles. The Bertz CT molecular complexity index is 699. The Kier molecular flexibility index (Phi) is 3.74. The quantitative estimate of drug-likeness (QED) is 0.859. The fourth-order valence-electron chi connectivity index (χ4n) is 2.39. The predicted octanol–water partition coefficient (Wildman–Crippen LogP) is 4.25. The van der Waals surface area contributed by atoms with Gasteiger partial charge in [0.25, 0.3) is 0 Å². The Hall–Kier alpha value is -1.78. The number of nitrogens with zero attached hydrogens (tertiary/aromatic N) is 1. The van der Waals surface area contributed by atoms with Gasteiger partial charge in [-0.05, 0) is 37.0 Å². The maximum atomic E-state index is 14.7. The van der Waals surface area contributed by atoms with Crippen molar-refractivity contribution in [3.8, 4) is 0 Å². The first-order valence-electron chi connectivity index (χ1n) is 6.78. The van der Waals surface area contributed by atoms with E-state index in [4.69, 9.17) is 17.3 Å². The second-order valence-electron chi connectivity index (χ2n) is 5.25. The Balaban J connectivity index is 0.00000176. The highest BCUT2D eigenvalue weighted by Crippen LogP contribution is 2.41. The van der Waals surface area contributed by atoms with E-state index in [0.29, 0.717) is 17.0 Å². The standard InChI is InChI=1S/C16H14ClFN2O.3H2/c17-12-4-3-11(15(19)9-1-2-9)14(18)13(12)16(21)10-5-7-20-8-6-10;;;/h3-9,15H,1-2,19H2;3*1H/t15-;;;/m1.../s1. The van der Waals surface area contributed by atoms with E-state index in [1.807, 2.05) is 0 Å². The number of nitrogens with two attached hydrogens (primary N) is 1. The molecular formula is C16H20ClFN2O. The van der Waals surface area contributed by atoms with Gasteiger partial charge in [0.05, 0.1) is 10.6 Å². The number of hydrogen-bond donors (Lipinski definition) is 1. The zero-order valence-corrected chi connectivity index (χ0v) is 12.0. The van der Waals surface area contributed by atoms with Gasteiger partial charge >= 0.3 is 0 Å². The van der Waals surface area contributed by atoms with E-state index < -0.39 is 11.6 Å². The van der Waals surface area contributed by atoms with Crippen LogP contribution in [0, 0.1) is 11.7 Å². The molecule has 3 nitrogen and oxygen atoms in total. The molecule has 114 valence electrons. The molecule has 1 saturated carbocycles.